The molecule has 0 aliphatic heterocycles. The van der Waals surface area contributed by atoms with Gasteiger partial charge >= 0.3 is 6.09 Å². The summed E-state index contributed by atoms with van der Waals surface area (Å²) < 4.78 is 10.6. The molecular weight excluding hydrogens is 268 g/mol. The van der Waals surface area contributed by atoms with Crippen molar-refractivity contribution in [2.24, 2.45) is 5.73 Å². The fraction of sp³-hybridized carbons (Fsp3) is 0.562. The highest BCUT2D eigenvalue weighted by atomic mass is 16.6. The zero-order valence-corrected chi connectivity index (χ0v) is 13.5. The van der Waals surface area contributed by atoms with Crippen LogP contribution in [0.5, 0.6) is 5.75 Å². The molecule has 1 rings (SSSR count). The van der Waals surface area contributed by atoms with Crippen molar-refractivity contribution in [3.63, 3.8) is 0 Å². The van der Waals surface area contributed by atoms with Crippen molar-refractivity contribution >= 4 is 6.09 Å². The van der Waals surface area contributed by atoms with E-state index in [0.29, 0.717) is 13.1 Å². The van der Waals surface area contributed by atoms with E-state index in [-0.39, 0.29) is 5.92 Å². The molecule has 1 aromatic rings. The van der Waals surface area contributed by atoms with E-state index in [4.69, 9.17) is 15.2 Å². The Morgan fingerprint density at radius 3 is 2.57 bits per heavy atom. The summed E-state index contributed by atoms with van der Waals surface area (Å²) in [6.07, 6.45) is -0.437. The van der Waals surface area contributed by atoms with Gasteiger partial charge in [0.25, 0.3) is 0 Å². The van der Waals surface area contributed by atoms with Crippen molar-refractivity contribution in [2.45, 2.75) is 39.2 Å². The number of carbonyl (C=O) groups excluding carboxylic acids is 1. The van der Waals surface area contributed by atoms with Crippen LogP contribution in [0.2, 0.25) is 0 Å². The molecular formula is C16H26N2O3. The average molecular weight is 294 g/mol. The molecule has 1 aromatic carbocycles. The lowest BCUT2D eigenvalue weighted by molar-refractivity contribution is 0.0524. The molecule has 5 nitrogen and oxygen atoms in total. The number of hydrogen-bond donors (Lipinski definition) is 2. The number of methoxy groups -OCH3 is 1. The molecule has 0 bridgehead atoms. The lowest BCUT2D eigenvalue weighted by Crippen LogP contribution is -2.36. The molecule has 21 heavy (non-hydrogen) atoms. The summed E-state index contributed by atoms with van der Waals surface area (Å²) in [7, 11) is 1.63. The van der Waals surface area contributed by atoms with Gasteiger partial charge in [-0.1, -0.05) is 17.7 Å². The van der Waals surface area contributed by atoms with Crippen LogP contribution in [0.15, 0.2) is 18.2 Å². The summed E-state index contributed by atoms with van der Waals surface area (Å²) in [6, 6.07) is 5.94. The van der Waals surface area contributed by atoms with Gasteiger partial charge < -0.3 is 20.5 Å². The highest BCUT2D eigenvalue weighted by molar-refractivity contribution is 5.67. The molecule has 0 saturated heterocycles. The third-order valence-corrected chi connectivity index (χ3v) is 3.00. The van der Waals surface area contributed by atoms with Crippen molar-refractivity contribution < 1.29 is 14.3 Å². The Labute approximate surface area is 126 Å². The molecule has 0 fully saturated rings. The summed E-state index contributed by atoms with van der Waals surface area (Å²) in [4.78, 5) is 11.7. The second-order valence-electron chi connectivity index (χ2n) is 6.06. The fourth-order valence-corrected chi connectivity index (χ4v) is 2.01. The van der Waals surface area contributed by atoms with Crippen LogP contribution in [0.3, 0.4) is 0 Å². The Kier molecular flexibility index (Phi) is 6.03. The number of rotatable bonds is 5. The lowest BCUT2D eigenvalue weighted by atomic mass is 9.96. The van der Waals surface area contributed by atoms with Gasteiger partial charge in [0.15, 0.2) is 0 Å². The number of aryl methyl sites for hydroxylation is 1. The zero-order chi connectivity index (χ0) is 16.0. The molecule has 1 unspecified atom stereocenters. The quantitative estimate of drug-likeness (QED) is 0.875. The summed E-state index contributed by atoms with van der Waals surface area (Å²) in [5, 5.41) is 2.76. The number of carbonyl (C=O) groups is 1. The van der Waals surface area contributed by atoms with Crippen molar-refractivity contribution in [1.29, 1.82) is 0 Å². The Morgan fingerprint density at radius 2 is 2.05 bits per heavy atom. The first kappa shape index (κ1) is 17.3. The molecule has 3 N–H and O–H groups in total. The number of ether oxygens (including phenoxy) is 2. The number of alkyl carbamates (subject to hydrolysis) is 1. The monoisotopic (exact) mass is 294 g/mol. The second kappa shape index (κ2) is 7.31. The second-order valence-corrected chi connectivity index (χ2v) is 6.06. The third-order valence-electron chi connectivity index (χ3n) is 3.00. The molecule has 1 atom stereocenters. The molecule has 5 heteroatoms. The van der Waals surface area contributed by atoms with Gasteiger partial charge in [-0.3, -0.25) is 0 Å². The lowest BCUT2D eigenvalue weighted by Gasteiger charge is -2.22. The molecule has 1 amide bonds. The SMILES string of the molecule is COc1ccc(C)cc1C(CN)CNC(=O)OC(C)(C)C. The van der Waals surface area contributed by atoms with Crippen molar-refractivity contribution in [3.05, 3.63) is 29.3 Å². The molecule has 0 heterocycles. The van der Waals surface area contributed by atoms with Crippen LogP contribution in [-0.4, -0.2) is 31.9 Å². The van der Waals surface area contributed by atoms with E-state index in [1.807, 2.05) is 45.9 Å². The Bertz CT molecular complexity index is 481. The van der Waals surface area contributed by atoms with Gasteiger partial charge in [0.1, 0.15) is 11.4 Å². The number of nitrogens with one attached hydrogen (secondary N) is 1. The highest BCUT2D eigenvalue weighted by Crippen LogP contribution is 2.27. The first-order chi connectivity index (χ1) is 9.76. The van der Waals surface area contributed by atoms with Crippen molar-refractivity contribution in [3.8, 4) is 5.75 Å². The van der Waals surface area contributed by atoms with Gasteiger partial charge in [0.05, 0.1) is 7.11 Å². The van der Waals surface area contributed by atoms with Crippen LogP contribution in [-0.2, 0) is 4.74 Å². The van der Waals surface area contributed by atoms with Crippen molar-refractivity contribution in [1.82, 2.24) is 5.32 Å². The van der Waals surface area contributed by atoms with E-state index >= 15 is 0 Å². The molecule has 0 aliphatic carbocycles. The van der Waals surface area contributed by atoms with Gasteiger partial charge in [0.2, 0.25) is 0 Å². The molecule has 0 radical (unpaired) electrons. The predicted molar refractivity (Wildman–Crippen MR) is 83.8 cm³/mol. The van der Waals surface area contributed by atoms with Gasteiger partial charge in [-0.2, -0.15) is 0 Å². The maximum atomic E-state index is 11.7. The van der Waals surface area contributed by atoms with Crippen LogP contribution >= 0.6 is 0 Å². The van der Waals surface area contributed by atoms with Gasteiger partial charge in [0, 0.05) is 24.6 Å². The van der Waals surface area contributed by atoms with Gasteiger partial charge in [-0.15, -0.1) is 0 Å². The summed E-state index contributed by atoms with van der Waals surface area (Å²) in [5.74, 6) is 0.759. The molecule has 118 valence electrons. The molecule has 0 spiro atoms. The molecule has 0 aliphatic rings. The topological polar surface area (TPSA) is 73.6 Å². The predicted octanol–water partition coefficient (Wildman–Crippen LogP) is 2.57. The largest absolute Gasteiger partial charge is 0.496 e. The summed E-state index contributed by atoms with van der Waals surface area (Å²) >= 11 is 0. The minimum Gasteiger partial charge on any atom is -0.496 e. The molecule has 0 aromatic heterocycles. The number of nitrogens with two attached hydrogens (primary N) is 1. The van der Waals surface area contributed by atoms with Crippen LogP contribution < -0.4 is 15.8 Å². The Morgan fingerprint density at radius 1 is 1.38 bits per heavy atom. The van der Waals surface area contributed by atoms with E-state index in [9.17, 15) is 4.79 Å². The van der Waals surface area contributed by atoms with E-state index in [0.717, 1.165) is 16.9 Å². The van der Waals surface area contributed by atoms with Crippen molar-refractivity contribution in [2.75, 3.05) is 20.2 Å². The normalized spacial score (nSPS) is 12.7. The van der Waals surface area contributed by atoms with Crippen LogP contribution in [0, 0.1) is 6.92 Å². The number of hydrogen-bond acceptors (Lipinski definition) is 4. The smallest absolute Gasteiger partial charge is 0.407 e. The minimum absolute atomic E-state index is 0.0210. The fourth-order valence-electron chi connectivity index (χ4n) is 2.01. The van der Waals surface area contributed by atoms with E-state index < -0.39 is 11.7 Å². The minimum atomic E-state index is -0.511. The highest BCUT2D eigenvalue weighted by Gasteiger charge is 2.19. The standard InChI is InChI=1S/C16H26N2O3/c1-11-6-7-14(20-5)13(8-11)12(9-17)10-18-15(19)21-16(2,3)4/h6-8,12H,9-10,17H2,1-5H3,(H,18,19). The zero-order valence-electron chi connectivity index (χ0n) is 13.5. The maximum Gasteiger partial charge on any atom is 0.407 e. The molecule has 0 saturated carbocycles. The van der Waals surface area contributed by atoms with Gasteiger partial charge in [-0.25, -0.2) is 4.79 Å². The van der Waals surface area contributed by atoms with Gasteiger partial charge in [-0.05, 0) is 33.8 Å². The summed E-state index contributed by atoms with van der Waals surface area (Å²) in [6.45, 7) is 8.32. The van der Waals surface area contributed by atoms with Crippen LogP contribution in [0.25, 0.3) is 0 Å². The van der Waals surface area contributed by atoms with E-state index in [2.05, 4.69) is 5.32 Å². The van der Waals surface area contributed by atoms with Crippen LogP contribution in [0.4, 0.5) is 4.79 Å². The maximum absolute atomic E-state index is 11.7. The van der Waals surface area contributed by atoms with E-state index in [1.165, 1.54) is 0 Å². The van der Waals surface area contributed by atoms with Crippen LogP contribution in [0.1, 0.15) is 37.8 Å². The third kappa shape index (κ3) is 5.63. The Hall–Kier alpha value is -1.75. The first-order valence-electron chi connectivity index (χ1n) is 7.08. The number of benzene rings is 1. The summed E-state index contributed by atoms with van der Waals surface area (Å²) in [5.41, 5.74) is 7.46. The number of amides is 1. The van der Waals surface area contributed by atoms with E-state index in [1.54, 1.807) is 7.11 Å². The Balaban J connectivity index is 2.76. The first-order valence-corrected chi connectivity index (χ1v) is 7.08. The average Bonchev–Trinajstić information content (AvgIpc) is 2.37.